The SMILES string of the molecule is C/C(=C\c1cc(F)c(Oc2ccc(S(=O)(=O)NCN)cc2)c(F)c1)C(=O)N=C(N)N. The Hall–Kier alpha value is -3.35. The summed E-state index contributed by atoms with van der Waals surface area (Å²) < 4.78 is 59.7. The maximum Gasteiger partial charge on any atom is 0.275 e. The minimum atomic E-state index is -3.79. The normalized spacial score (nSPS) is 11.8. The zero-order valence-corrected chi connectivity index (χ0v) is 16.5. The molecule has 0 aliphatic heterocycles. The van der Waals surface area contributed by atoms with Gasteiger partial charge in [0, 0.05) is 5.57 Å². The summed E-state index contributed by atoms with van der Waals surface area (Å²) in [6.45, 7) is 1.10. The van der Waals surface area contributed by atoms with Crippen molar-refractivity contribution in [3.8, 4) is 11.5 Å². The second kappa shape index (κ2) is 9.43. The Morgan fingerprint density at radius 1 is 1.17 bits per heavy atom. The van der Waals surface area contributed by atoms with Gasteiger partial charge in [0.05, 0.1) is 11.6 Å². The minimum Gasteiger partial charge on any atom is -0.451 e. The van der Waals surface area contributed by atoms with Crippen LogP contribution in [0.1, 0.15) is 12.5 Å². The number of nitrogens with two attached hydrogens (primary N) is 3. The van der Waals surface area contributed by atoms with Gasteiger partial charge in [-0.15, -0.1) is 0 Å². The van der Waals surface area contributed by atoms with Gasteiger partial charge >= 0.3 is 0 Å². The molecule has 9 nitrogen and oxygen atoms in total. The van der Waals surface area contributed by atoms with Crippen LogP contribution >= 0.6 is 0 Å². The Balaban J connectivity index is 2.26. The predicted octanol–water partition coefficient (Wildman–Crippen LogP) is 1.15. The summed E-state index contributed by atoms with van der Waals surface area (Å²) in [4.78, 5) is 14.9. The molecule has 0 aliphatic carbocycles. The van der Waals surface area contributed by atoms with Gasteiger partial charge in [-0.2, -0.15) is 9.71 Å². The number of aliphatic imine (C=N–C) groups is 1. The molecule has 12 heteroatoms. The average Bonchev–Trinajstić information content (AvgIpc) is 2.64. The van der Waals surface area contributed by atoms with Crippen LogP contribution in [0, 0.1) is 11.6 Å². The number of halogens is 2. The minimum absolute atomic E-state index is 0.00177. The van der Waals surface area contributed by atoms with E-state index in [4.69, 9.17) is 21.9 Å². The first-order valence-corrected chi connectivity index (χ1v) is 9.80. The van der Waals surface area contributed by atoms with Gasteiger partial charge in [-0.25, -0.2) is 17.2 Å². The van der Waals surface area contributed by atoms with Crippen molar-refractivity contribution in [1.29, 1.82) is 0 Å². The van der Waals surface area contributed by atoms with Crippen LogP contribution in [0.3, 0.4) is 0 Å². The number of carbonyl (C=O) groups excluding carboxylic acids is 1. The van der Waals surface area contributed by atoms with E-state index in [1.165, 1.54) is 37.3 Å². The van der Waals surface area contributed by atoms with Crippen LogP contribution in [-0.4, -0.2) is 27.0 Å². The van der Waals surface area contributed by atoms with Crippen LogP contribution in [0.25, 0.3) is 6.08 Å². The molecule has 0 saturated heterocycles. The number of ether oxygens (including phenoxy) is 1. The van der Waals surface area contributed by atoms with Crippen LogP contribution in [0.2, 0.25) is 0 Å². The van der Waals surface area contributed by atoms with Gasteiger partial charge in [-0.3, -0.25) is 4.79 Å². The molecule has 0 unspecified atom stereocenters. The van der Waals surface area contributed by atoms with Gasteiger partial charge in [0.2, 0.25) is 10.0 Å². The van der Waals surface area contributed by atoms with Crippen molar-refractivity contribution < 1.29 is 26.7 Å². The van der Waals surface area contributed by atoms with Gasteiger partial charge in [0.1, 0.15) is 5.75 Å². The third kappa shape index (κ3) is 5.83. The molecule has 7 N–H and O–H groups in total. The van der Waals surface area contributed by atoms with E-state index in [-0.39, 0.29) is 28.5 Å². The van der Waals surface area contributed by atoms with Crippen molar-refractivity contribution in [1.82, 2.24) is 4.72 Å². The van der Waals surface area contributed by atoms with Crippen LogP contribution in [-0.2, 0) is 14.8 Å². The molecule has 0 aromatic heterocycles. The fraction of sp³-hybridized carbons (Fsp3) is 0.111. The standard InChI is InChI=1S/C18H19F2N5O4S/c1-10(17(26)25-18(22)23)6-11-7-14(19)16(15(20)8-11)29-12-2-4-13(5-3-12)30(27,28)24-9-21/h2-8,24H,9,21H2,1H3,(H4,22,23,25,26)/b10-6+. The highest BCUT2D eigenvalue weighted by molar-refractivity contribution is 7.89. The van der Waals surface area contributed by atoms with Gasteiger partial charge in [-0.05, 0) is 55.0 Å². The number of benzene rings is 2. The molecule has 160 valence electrons. The monoisotopic (exact) mass is 439 g/mol. The van der Waals surface area contributed by atoms with Crippen molar-refractivity contribution >= 4 is 28.0 Å². The summed E-state index contributed by atoms with van der Waals surface area (Å²) in [5.74, 6) is -3.96. The highest BCUT2D eigenvalue weighted by atomic mass is 32.2. The quantitative estimate of drug-likeness (QED) is 0.218. The zero-order chi connectivity index (χ0) is 22.5. The van der Waals surface area contributed by atoms with Crippen molar-refractivity contribution in [2.24, 2.45) is 22.2 Å². The summed E-state index contributed by atoms with van der Waals surface area (Å²) in [7, 11) is -3.79. The molecular weight excluding hydrogens is 420 g/mol. The Morgan fingerprint density at radius 3 is 2.23 bits per heavy atom. The summed E-state index contributed by atoms with van der Waals surface area (Å²) in [6, 6.07) is 6.76. The van der Waals surface area contributed by atoms with Crippen molar-refractivity contribution in [2.45, 2.75) is 11.8 Å². The maximum atomic E-state index is 14.4. The lowest BCUT2D eigenvalue weighted by Gasteiger charge is -2.10. The van der Waals surface area contributed by atoms with Crippen molar-refractivity contribution in [3.05, 3.63) is 59.2 Å². The molecule has 0 saturated carbocycles. The second-order valence-electron chi connectivity index (χ2n) is 5.91. The van der Waals surface area contributed by atoms with E-state index in [0.29, 0.717) is 0 Å². The first kappa shape index (κ1) is 22.9. The average molecular weight is 439 g/mol. The molecule has 0 bridgehead atoms. The number of hydrogen-bond acceptors (Lipinski definition) is 5. The third-order valence-corrected chi connectivity index (χ3v) is 5.04. The number of hydrogen-bond donors (Lipinski definition) is 4. The first-order valence-electron chi connectivity index (χ1n) is 8.32. The number of carbonyl (C=O) groups is 1. The Morgan fingerprint density at radius 2 is 1.73 bits per heavy atom. The van der Waals surface area contributed by atoms with Crippen LogP contribution in [0.15, 0.2) is 51.9 Å². The summed E-state index contributed by atoms with van der Waals surface area (Å²) in [5, 5.41) is 0. The van der Waals surface area contributed by atoms with E-state index in [1.54, 1.807) is 0 Å². The lowest BCUT2D eigenvalue weighted by atomic mass is 10.1. The third-order valence-electron chi connectivity index (χ3n) is 3.60. The molecule has 1 amide bonds. The number of guanidine groups is 1. The largest absolute Gasteiger partial charge is 0.451 e. The number of nitrogens with one attached hydrogen (secondary N) is 1. The van der Waals surface area contributed by atoms with Crippen LogP contribution < -0.4 is 26.7 Å². The molecule has 2 rings (SSSR count). The molecule has 2 aromatic carbocycles. The van der Waals surface area contributed by atoms with E-state index in [2.05, 4.69) is 9.71 Å². The smallest absolute Gasteiger partial charge is 0.275 e. The Bertz CT molecular complexity index is 1090. The fourth-order valence-corrected chi connectivity index (χ4v) is 3.16. The number of sulfonamides is 1. The number of rotatable bonds is 7. The van der Waals surface area contributed by atoms with Gasteiger partial charge in [0.25, 0.3) is 5.91 Å². The first-order chi connectivity index (χ1) is 14.0. The molecule has 0 radical (unpaired) electrons. The second-order valence-corrected chi connectivity index (χ2v) is 7.68. The predicted molar refractivity (Wildman–Crippen MR) is 107 cm³/mol. The summed E-state index contributed by atoms with van der Waals surface area (Å²) >= 11 is 0. The van der Waals surface area contributed by atoms with E-state index >= 15 is 0 Å². The van der Waals surface area contributed by atoms with E-state index in [1.807, 2.05) is 0 Å². The van der Waals surface area contributed by atoms with Gasteiger partial charge in [0.15, 0.2) is 23.3 Å². The highest BCUT2D eigenvalue weighted by Gasteiger charge is 2.16. The molecule has 0 spiro atoms. The molecule has 2 aromatic rings. The van der Waals surface area contributed by atoms with E-state index in [9.17, 15) is 22.0 Å². The molecular formula is C18H19F2N5O4S. The zero-order valence-electron chi connectivity index (χ0n) is 15.7. The van der Waals surface area contributed by atoms with Crippen molar-refractivity contribution in [2.75, 3.05) is 6.67 Å². The van der Waals surface area contributed by atoms with Crippen LogP contribution in [0.5, 0.6) is 11.5 Å². The topological polar surface area (TPSA) is 163 Å². The maximum absolute atomic E-state index is 14.4. The number of nitrogens with zero attached hydrogens (tertiary/aromatic N) is 1. The molecule has 0 heterocycles. The lowest BCUT2D eigenvalue weighted by molar-refractivity contribution is -0.114. The molecule has 0 atom stereocenters. The van der Waals surface area contributed by atoms with E-state index < -0.39 is 39.3 Å². The van der Waals surface area contributed by atoms with Crippen molar-refractivity contribution in [3.63, 3.8) is 0 Å². The Kier molecular flexibility index (Phi) is 7.21. The molecule has 0 fully saturated rings. The Labute approximate surface area is 171 Å². The van der Waals surface area contributed by atoms with Crippen LogP contribution in [0.4, 0.5) is 8.78 Å². The van der Waals surface area contributed by atoms with E-state index in [0.717, 1.165) is 12.1 Å². The summed E-state index contributed by atoms with van der Waals surface area (Å²) in [6.07, 6.45) is 1.20. The summed E-state index contributed by atoms with van der Waals surface area (Å²) in [5.41, 5.74) is 15.5. The molecule has 30 heavy (non-hydrogen) atoms. The fourth-order valence-electron chi connectivity index (χ4n) is 2.28. The molecule has 0 aliphatic rings. The number of amides is 1. The highest BCUT2D eigenvalue weighted by Crippen LogP contribution is 2.30. The lowest BCUT2D eigenvalue weighted by Crippen LogP contribution is -2.29. The van der Waals surface area contributed by atoms with Gasteiger partial charge < -0.3 is 21.9 Å². The van der Waals surface area contributed by atoms with Gasteiger partial charge in [-0.1, -0.05) is 0 Å².